The largest absolute Gasteiger partial charge is 0.401 e. The van der Waals surface area contributed by atoms with Crippen LogP contribution in [-0.2, 0) is 4.74 Å². The van der Waals surface area contributed by atoms with Gasteiger partial charge in [-0.15, -0.1) is 0 Å². The van der Waals surface area contributed by atoms with E-state index in [-0.39, 0.29) is 6.04 Å². The maximum absolute atomic E-state index is 12.4. The van der Waals surface area contributed by atoms with Crippen LogP contribution in [0.5, 0.6) is 0 Å². The summed E-state index contributed by atoms with van der Waals surface area (Å²) in [7, 11) is 0. The van der Waals surface area contributed by atoms with E-state index < -0.39 is 12.7 Å². The Morgan fingerprint density at radius 2 is 2.00 bits per heavy atom. The van der Waals surface area contributed by atoms with Crippen molar-refractivity contribution < 1.29 is 17.9 Å². The zero-order valence-electron chi connectivity index (χ0n) is 10.6. The zero-order valence-corrected chi connectivity index (χ0v) is 10.6. The van der Waals surface area contributed by atoms with E-state index in [1.165, 1.54) is 0 Å². The van der Waals surface area contributed by atoms with Crippen molar-refractivity contribution in [3.05, 3.63) is 35.9 Å². The van der Waals surface area contributed by atoms with Crippen molar-refractivity contribution in [3.63, 3.8) is 0 Å². The van der Waals surface area contributed by atoms with Crippen LogP contribution in [0.1, 0.15) is 24.4 Å². The number of halogens is 3. The molecule has 1 aromatic rings. The smallest absolute Gasteiger partial charge is 0.381 e. The second kappa shape index (κ2) is 6.39. The van der Waals surface area contributed by atoms with Crippen LogP contribution < -0.4 is 5.32 Å². The van der Waals surface area contributed by atoms with E-state index in [0.717, 1.165) is 12.0 Å². The number of ether oxygens (including phenoxy) is 1. The first kappa shape index (κ1) is 14.3. The summed E-state index contributed by atoms with van der Waals surface area (Å²) in [5.74, 6) is 0.339. The third-order valence-electron chi connectivity index (χ3n) is 3.34. The molecule has 0 spiro atoms. The molecule has 1 aliphatic heterocycles. The van der Waals surface area contributed by atoms with E-state index >= 15 is 0 Å². The Kier molecular flexibility index (Phi) is 4.82. The summed E-state index contributed by atoms with van der Waals surface area (Å²) in [5, 5.41) is 2.62. The predicted octanol–water partition coefficient (Wildman–Crippen LogP) is 3.31. The second-order valence-corrected chi connectivity index (χ2v) is 4.92. The average Bonchev–Trinajstić information content (AvgIpc) is 2.87. The first-order valence-corrected chi connectivity index (χ1v) is 6.47. The monoisotopic (exact) mass is 273 g/mol. The Morgan fingerprint density at radius 3 is 2.58 bits per heavy atom. The summed E-state index contributed by atoms with van der Waals surface area (Å²) in [6.45, 7) is 0.405. The lowest BCUT2D eigenvalue weighted by Crippen LogP contribution is -2.33. The lowest BCUT2D eigenvalue weighted by Gasteiger charge is -2.22. The number of hydrogen-bond donors (Lipinski definition) is 1. The zero-order chi connectivity index (χ0) is 13.7. The number of alkyl halides is 3. The van der Waals surface area contributed by atoms with Crippen LogP contribution in [0.3, 0.4) is 0 Å². The van der Waals surface area contributed by atoms with Crippen LogP contribution in [0.4, 0.5) is 13.2 Å². The van der Waals surface area contributed by atoms with Crippen LogP contribution in [0.25, 0.3) is 0 Å². The highest BCUT2D eigenvalue weighted by Gasteiger charge is 2.29. The number of rotatable bonds is 5. The van der Waals surface area contributed by atoms with Gasteiger partial charge in [0.15, 0.2) is 0 Å². The molecule has 5 heteroatoms. The Morgan fingerprint density at radius 1 is 1.26 bits per heavy atom. The van der Waals surface area contributed by atoms with Crippen molar-refractivity contribution in [3.8, 4) is 0 Å². The van der Waals surface area contributed by atoms with Crippen molar-refractivity contribution in [1.29, 1.82) is 0 Å². The lowest BCUT2D eigenvalue weighted by molar-refractivity contribution is -0.126. The number of benzene rings is 1. The van der Waals surface area contributed by atoms with Gasteiger partial charge in [0.25, 0.3) is 0 Å². The molecule has 1 aromatic carbocycles. The third kappa shape index (κ3) is 4.84. The van der Waals surface area contributed by atoms with Crippen LogP contribution in [0, 0.1) is 5.92 Å². The Labute approximate surface area is 111 Å². The molecule has 0 aliphatic carbocycles. The summed E-state index contributed by atoms with van der Waals surface area (Å²) < 4.78 is 42.4. The minimum atomic E-state index is -4.18. The molecule has 1 saturated heterocycles. The molecule has 2 rings (SSSR count). The molecule has 2 atom stereocenters. The fraction of sp³-hybridized carbons (Fsp3) is 0.571. The van der Waals surface area contributed by atoms with Crippen molar-refractivity contribution in [1.82, 2.24) is 5.32 Å². The van der Waals surface area contributed by atoms with Crippen LogP contribution in [0.15, 0.2) is 30.3 Å². The summed E-state index contributed by atoms with van der Waals surface area (Å²) in [6.07, 6.45) is -2.57. The molecule has 0 amide bonds. The first-order chi connectivity index (χ1) is 9.04. The first-order valence-electron chi connectivity index (χ1n) is 6.47. The quantitative estimate of drug-likeness (QED) is 0.888. The van der Waals surface area contributed by atoms with Gasteiger partial charge in [0.1, 0.15) is 0 Å². The highest BCUT2D eigenvalue weighted by molar-refractivity contribution is 5.19. The topological polar surface area (TPSA) is 21.3 Å². The van der Waals surface area contributed by atoms with Crippen molar-refractivity contribution >= 4 is 0 Å². The van der Waals surface area contributed by atoms with Gasteiger partial charge in [-0.25, -0.2) is 0 Å². The fourth-order valence-electron chi connectivity index (χ4n) is 2.36. The summed E-state index contributed by atoms with van der Waals surface area (Å²) in [4.78, 5) is 0. The summed E-state index contributed by atoms with van der Waals surface area (Å²) >= 11 is 0. The Balaban J connectivity index is 2.00. The number of hydrogen-bond acceptors (Lipinski definition) is 2. The predicted molar refractivity (Wildman–Crippen MR) is 66.8 cm³/mol. The summed E-state index contributed by atoms with van der Waals surface area (Å²) in [6, 6.07) is 9.02. The number of nitrogens with one attached hydrogen (secondary N) is 1. The van der Waals surface area contributed by atoms with Gasteiger partial charge in [-0.1, -0.05) is 30.3 Å². The van der Waals surface area contributed by atoms with Crippen molar-refractivity contribution in [2.45, 2.75) is 25.1 Å². The van der Waals surface area contributed by atoms with E-state index in [0.29, 0.717) is 25.6 Å². The normalized spacial score (nSPS) is 21.5. The standard InChI is InChI=1S/C14H18F3NO/c15-14(16,17)10-18-13(8-11-6-7-19-9-11)12-4-2-1-3-5-12/h1-5,11,13,18H,6-10H2. The van der Waals surface area contributed by atoms with E-state index in [1.807, 2.05) is 30.3 Å². The van der Waals surface area contributed by atoms with Gasteiger partial charge in [0.2, 0.25) is 0 Å². The molecule has 19 heavy (non-hydrogen) atoms. The molecule has 1 fully saturated rings. The van der Waals surface area contributed by atoms with Crippen LogP contribution in [0.2, 0.25) is 0 Å². The van der Waals surface area contributed by atoms with E-state index in [1.54, 1.807) is 0 Å². The SMILES string of the molecule is FC(F)(F)CNC(CC1CCOC1)c1ccccc1. The molecule has 1 aliphatic rings. The lowest BCUT2D eigenvalue weighted by atomic mass is 9.94. The van der Waals surface area contributed by atoms with Gasteiger partial charge < -0.3 is 10.1 Å². The molecule has 0 saturated carbocycles. The molecule has 106 valence electrons. The van der Waals surface area contributed by atoms with E-state index in [4.69, 9.17) is 4.74 Å². The van der Waals surface area contributed by atoms with E-state index in [2.05, 4.69) is 5.32 Å². The minimum absolute atomic E-state index is 0.269. The minimum Gasteiger partial charge on any atom is -0.381 e. The van der Waals surface area contributed by atoms with Gasteiger partial charge >= 0.3 is 6.18 Å². The van der Waals surface area contributed by atoms with Crippen molar-refractivity contribution in [2.75, 3.05) is 19.8 Å². The van der Waals surface area contributed by atoms with Gasteiger partial charge in [-0.3, -0.25) is 0 Å². The molecule has 0 bridgehead atoms. The second-order valence-electron chi connectivity index (χ2n) is 4.92. The molecule has 0 aromatic heterocycles. The molecule has 2 nitrogen and oxygen atoms in total. The third-order valence-corrected chi connectivity index (χ3v) is 3.34. The van der Waals surface area contributed by atoms with Crippen LogP contribution >= 0.6 is 0 Å². The highest BCUT2D eigenvalue weighted by Crippen LogP contribution is 2.27. The molecule has 2 unspecified atom stereocenters. The maximum Gasteiger partial charge on any atom is 0.401 e. The van der Waals surface area contributed by atoms with Crippen LogP contribution in [-0.4, -0.2) is 25.9 Å². The molecular formula is C14H18F3NO. The maximum atomic E-state index is 12.4. The molecule has 1 N–H and O–H groups in total. The van der Waals surface area contributed by atoms with Gasteiger partial charge in [0, 0.05) is 19.3 Å². The Bertz CT molecular complexity index is 374. The average molecular weight is 273 g/mol. The van der Waals surface area contributed by atoms with Gasteiger partial charge in [-0.2, -0.15) is 13.2 Å². The van der Waals surface area contributed by atoms with Crippen molar-refractivity contribution in [2.24, 2.45) is 5.92 Å². The van der Waals surface area contributed by atoms with Gasteiger partial charge in [0.05, 0.1) is 6.54 Å². The molecule has 0 radical (unpaired) electrons. The molecule has 1 heterocycles. The summed E-state index contributed by atoms with van der Waals surface area (Å²) in [5.41, 5.74) is 0.902. The fourth-order valence-corrected chi connectivity index (χ4v) is 2.36. The van der Waals surface area contributed by atoms with Gasteiger partial charge in [-0.05, 0) is 24.3 Å². The Hall–Kier alpha value is -1.07. The highest BCUT2D eigenvalue weighted by atomic mass is 19.4. The molecular weight excluding hydrogens is 255 g/mol. The van der Waals surface area contributed by atoms with E-state index in [9.17, 15) is 13.2 Å².